The van der Waals surface area contributed by atoms with E-state index in [1.54, 1.807) is 10.4 Å². The van der Waals surface area contributed by atoms with Crippen LogP contribution in [0.2, 0.25) is 0 Å². The third-order valence-electron chi connectivity index (χ3n) is 5.48. The number of hydrogen-bond donors (Lipinski definition) is 0. The van der Waals surface area contributed by atoms with E-state index in [0.29, 0.717) is 5.92 Å². The first-order valence-corrected chi connectivity index (χ1v) is 9.84. The van der Waals surface area contributed by atoms with Gasteiger partial charge in [0.15, 0.2) is 0 Å². The van der Waals surface area contributed by atoms with Crippen molar-refractivity contribution in [3.05, 3.63) is 63.9 Å². The number of pyridine rings is 1. The van der Waals surface area contributed by atoms with Gasteiger partial charge in [0, 0.05) is 21.9 Å². The predicted molar refractivity (Wildman–Crippen MR) is 104 cm³/mol. The minimum Gasteiger partial charge on any atom is -0.501 e. The standard InChI is InChI=1S/C22H21NOS/c1-13-6-8-15(9-7-13)20-19(16-10-11-24-12-16)14(2)23-22-21(20)17-4-3-5-18(17)25-22/h6-11,16H,3-5,12H2,1-2H3. The summed E-state index contributed by atoms with van der Waals surface area (Å²) < 4.78 is 5.56. The normalized spacial score (nSPS) is 18.7. The maximum Gasteiger partial charge on any atom is 0.124 e. The zero-order valence-corrected chi connectivity index (χ0v) is 15.5. The van der Waals surface area contributed by atoms with E-state index < -0.39 is 0 Å². The lowest BCUT2D eigenvalue weighted by Crippen LogP contribution is -2.05. The van der Waals surface area contributed by atoms with Crippen molar-refractivity contribution in [3.8, 4) is 11.1 Å². The highest BCUT2D eigenvalue weighted by Gasteiger charge is 2.28. The summed E-state index contributed by atoms with van der Waals surface area (Å²) in [5.74, 6) is 0.296. The van der Waals surface area contributed by atoms with Gasteiger partial charge in [0.05, 0.1) is 12.9 Å². The van der Waals surface area contributed by atoms with Crippen LogP contribution in [0.1, 0.15) is 39.6 Å². The Bertz CT molecular complexity index is 997. The second-order valence-electron chi connectivity index (χ2n) is 7.16. The number of nitrogens with zero attached hydrogens (tertiary/aromatic N) is 1. The SMILES string of the molecule is Cc1ccc(-c2c(C3C=COC3)c(C)nc3sc4c(c23)CCC4)cc1. The molecule has 126 valence electrons. The first-order chi connectivity index (χ1) is 12.2. The van der Waals surface area contributed by atoms with Crippen LogP contribution in [0.4, 0.5) is 0 Å². The fraction of sp³-hybridized carbons (Fsp3) is 0.318. The fourth-order valence-corrected chi connectivity index (χ4v) is 5.59. The molecule has 1 aliphatic heterocycles. The van der Waals surface area contributed by atoms with Crippen molar-refractivity contribution in [1.82, 2.24) is 4.98 Å². The third-order valence-corrected chi connectivity index (χ3v) is 6.66. The topological polar surface area (TPSA) is 22.1 Å². The molecule has 3 heteroatoms. The Balaban J connectivity index is 1.88. The van der Waals surface area contributed by atoms with Gasteiger partial charge in [-0.2, -0.15) is 0 Å². The summed E-state index contributed by atoms with van der Waals surface area (Å²) in [6.07, 6.45) is 7.70. The van der Waals surface area contributed by atoms with Gasteiger partial charge >= 0.3 is 0 Å². The van der Waals surface area contributed by atoms with Crippen LogP contribution in [0.15, 0.2) is 36.6 Å². The molecule has 2 aliphatic rings. The summed E-state index contributed by atoms with van der Waals surface area (Å²) in [6.45, 7) is 5.02. The first kappa shape index (κ1) is 15.2. The quantitative estimate of drug-likeness (QED) is 0.593. The second-order valence-corrected chi connectivity index (χ2v) is 8.24. The van der Waals surface area contributed by atoms with Gasteiger partial charge in [-0.3, -0.25) is 0 Å². The molecule has 5 rings (SSSR count). The van der Waals surface area contributed by atoms with Crippen molar-refractivity contribution in [2.75, 3.05) is 6.61 Å². The second kappa shape index (κ2) is 5.70. The van der Waals surface area contributed by atoms with Crippen molar-refractivity contribution in [1.29, 1.82) is 0 Å². The van der Waals surface area contributed by atoms with E-state index in [1.807, 2.05) is 17.6 Å². The number of aromatic nitrogens is 1. The molecular weight excluding hydrogens is 326 g/mol. The summed E-state index contributed by atoms with van der Waals surface area (Å²) in [6, 6.07) is 8.97. The summed E-state index contributed by atoms with van der Waals surface area (Å²) in [7, 11) is 0. The lowest BCUT2D eigenvalue weighted by atomic mass is 9.87. The highest BCUT2D eigenvalue weighted by Crippen LogP contribution is 2.46. The van der Waals surface area contributed by atoms with E-state index in [2.05, 4.69) is 44.2 Å². The molecule has 2 aromatic heterocycles. The number of benzene rings is 1. The molecule has 0 bridgehead atoms. The Hall–Kier alpha value is -2.13. The number of ether oxygens (including phenoxy) is 1. The molecule has 3 aromatic rings. The zero-order chi connectivity index (χ0) is 17.0. The minimum absolute atomic E-state index is 0.296. The summed E-state index contributed by atoms with van der Waals surface area (Å²) >= 11 is 1.90. The Kier molecular flexibility index (Phi) is 3.46. The van der Waals surface area contributed by atoms with Crippen LogP contribution in [-0.4, -0.2) is 11.6 Å². The number of aryl methyl sites for hydroxylation is 4. The smallest absolute Gasteiger partial charge is 0.124 e. The van der Waals surface area contributed by atoms with Crippen molar-refractivity contribution in [2.24, 2.45) is 0 Å². The van der Waals surface area contributed by atoms with Crippen molar-refractivity contribution >= 4 is 21.6 Å². The summed E-state index contributed by atoms with van der Waals surface area (Å²) in [4.78, 5) is 7.78. The van der Waals surface area contributed by atoms with E-state index in [1.165, 1.54) is 51.7 Å². The lowest BCUT2D eigenvalue weighted by molar-refractivity contribution is 0.269. The van der Waals surface area contributed by atoms with Crippen molar-refractivity contribution in [3.63, 3.8) is 0 Å². The first-order valence-electron chi connectivity index (χ1n) is 9.02. The van der Waals surface area contributed by atoms with Crippen LogP contribution in [0.5, 0.6) is 0 Å². The van der Waals surface area contributed by atoms with E-state index in [0.717, 1.165) is 12.3 Å². The van der Waals surface area contributed by atoms with Crippen LogP contribution < -0.4 is 0 Å². The number of rotatable bonds is 2. The fourth-order valence-electron chi connectivity index (χ4n) is 4.27. The molecule has 1 aromatic carbocycles. The van der Waals surface area contributed by atoms with Gasteiger partial charge in [-0.05, 0) is 61.4 Å². The summed E-state index contributed by atoms with van der Waals surface area (Å²) in [5.41, 5.74) is 8.03. The van der Waals surface area contributed by atoms with Crippen LogP contribution in [-0.2, 0) is 17.6 Å². The van der Waals surface area contributed by atoms with Gasteiger partial charge in [-0.15, -0.1) is 11.3 Å². The molecule has 2 nitrogen and oxygen atoms in total. The largest absolute Gasteiger partial charge is 0.501 e. The molecule has 0 spiro atoms. The Labute approximate surface area is 152 Å². The maximum atomic E-state index is 5.56. The van der Waals surface area contributed by atoms with Gasteiger partial charge in [0.2, 0.25) is 0 Å². The maximum absolute atomic E-state index is 5.56. The third kappa shape index (κ3) is 2.33. The molecule has 0 fully saturated rings. The molecule has 0 saturated carbocycles. The summed E-state index contributed by atoms with van der Waals surface area (Å²) in [5, 5.41) is 1.40. The zero-order valence-electron chi connectivity index (χ0n) is 14.6. The average Bonchev–Trinajstić information content (AvgIpc) is 3.31. The number of fused-ring (bicyclic) bond motifs is 3. The molecule has 3 heterocycles. The highest BCUT2D eigenvalue weighted by atomic mass is 32.1. The molecule has 0 N–H and O–H groups in total. The number of thiophene rings is 1. The van der Waals surface area contributed by atoms with E-state index in [9.17, 15) is 0 Å². The van der Waals surface area contributed by atoms with E-state index in [-0.39, 0.29) is 0 Å². The molecule has 25 heavy (non-hydrogen) atoms. The van der Waals surface area contributed by atoms with Gasteiger partial charge in [0.1, 0.15) is 4.83 Å². The predicted octanol–water partition coefficient (Wildman–Crippen LogP) is 5.70. The lowest BCUT2D eigenvalue weighted by Gasteiger charge is -2.18. The van der Waals surface area contributed by atoms with Gasteiger partial charge in [-0.25, -0.2) is 4.98 Å². The Morgan fingerprint density at radius 1 is 1.12 bits per heavy atom. The number of hydrogen-bond acceptors (Lipinski definition) is 3. The van der Waals surface area contributed by atoms with Crippen LogP contribution in [0, 0.1) is 13.8 Å². The van der Waals surface area contributed by atoms with Crippen molar-refractivity contribution in [2.45, 2.75) is 39.0 Å². The van der Waals surface area contributed by atoms with Crippen LogP contribution >= 0.6 is 11.3 Å². The van der Waals surface area contributed by atoms with Crippen molar-refractivity contribution < 1.29 is 4.74 Å². The molecular formula is C22H21NOS. The van der Waals surface area contributed by atoms with E-state index in [4.69, 9.17) is 9.72 Å². The minimum atomic E-state index is 0.296. The van der Waals surface area contributed by atoms with Gasteiger partial charge < -0.3 is 4.74 Å². The van der Waals surface area contributed by atoms with Crippen LogP contribution in [0.3, 0.4) is 0 Å². The molecule has 0 amide bonds. The Morgan fingerprint density at radius 3 is 2.72 bits per heavy atom. The average molecular weight is 347 g/mol. The van der Waals surface area contributed by atoms with Crippen LogP contribution in [0.25, 0.3) is 21.3 Å². The monoisotopic (exact) mass is 347 g/mol. The van der Waals surface area contributed by atoms with E-state index >= 15 is 0 Å². The Morgan fingerprint density at radius 2 is 1.96 bits per heavy atom. The highest BCUT2D eigenvalue weighted by molar-refractivity contribution is 7.19. The molecule has 1 aliphatic carbocycles. The van der Waals surface area contributed by atoms with Gasteiger partial charge in [0.25, 0.3) is 0 Å². The molecule has 0 radical (unpaired) electrons. The van der Waals surface area contributed by atoms with Gasteiger partial charge in [-0.1, -0.05) is 29.8 Å². The molecule has 1 unspecified atom stereocenters. The molecule has 1 atom stereocenters. The molecule has 0 saturated heterocycles.